The van der Waals surface area contributed by atoms with E-state index in [4.69, 9.17) is 11.6 Å². The predicted octanol–water partition coefficient (Wildman–Crippen LogP) is 3.17. The highest BCUT2D eigenvalue weighted by atomic mass is 35.5. The Morgan fingerprint density at radius 3 is 2.52 bits per heavy atom. The normalized spacial score (nSPS) is 10.6. The number of hydrazone groups is 1. The van der Waals surface area contributed by atoms with Crippen LogP contribution >= 0.6 is 11.6 Å². The lowest BCUT2D eigenvalue weighted by molar-refractivity contribution is 0.0955. The first-order valence-corrected chi connectivity index (χ1v) is 6.80. The third kappa shape index (κ3) is 4.33. The fourth-order valence-corrected chi connectivity index (χ4v) is 1.91. The molecule has 1 amide bonds. The molecule has 0 bridgehead atoms. The molecule has 0 aliphatic rings. The molecule has 5 heteroatoms. The van der Waals surface area contributed by atoms with Crippen LogP contribution in [-0.2, 0) is 0 Å². The fourth-order valence-electron chi connectivity index (χ4n) is 1.72. The molecule has 4 nitrogen and oxygen atoms in total. The van der Waals surface area contributed by atoms with E-state index < -0.39 is 0 Å². The maximum Gasteiger partial charge on any atom is 0.271 e. The van der Waals surface area contributed by atoms with Crippen LogP contribution in [0.3, 0.4) is 0 Å². The van der Waals surface area contributed by atoms with Crippen LogP contribution in [0.2, 0.25) is 5.02 Å². The number of rotatable bonds is 4. The zero-order valence-electron chi connectivity index (χ0n) is 11.9. The van der Waals surface area contributed by atoms with E-state index in [1.807, 2.05) is 43.3 Å². The summed E-state index contributed by atoms with van der Waals surface area (Å²) in [6.45, 7) is 0. The molecule has 0 fully saturated rings. The molecule has 0 aliphatic carbocycles. The molecule has 2 aromatic carbocycles. The van der Waals surface area contributed by atoms with Crippen molar-refractivity contribution in [3.63, 3.8) is 0 Å². The van der Waals surface area contributed by atoms with E-state index in [-0.39, 0.29) is 5.91 Å². The van der Waals surface area contributed by atoms with Crippen molar-refractivity contribution in [3.8, 4) is 0 Å². The quantitative estimate of drug-likeness (QED) is 0.696. The van der Waals surface area contributed by atoms with E-state index in [0.717, 1.165) is 11.3 Å². The fraction of sp³-hybridized carbons (Fsp3) is 0.125. The minimum absolute atomic E-state index is 0.293. The molecule has 0 spiro atoms. The van der Waals surface area contributed by atoms with Crippen LogP contribution in [0, 0.1) is 0 Å². The number of hydrogen-bond donors (Lipinski definition) is 1. The first-order valence-electron chi connectivity index (χ1n) is 6.42. The van der Waals surface area contributed by atoms with Gasteiger partial charge in [0, 0.05) is 30.4 Å². The largest absolute Gasteiger partial charge is 0.378 e. The van der Waals surface area contributed by atoms with Gasteiger partial charge in [-0.15, -0.1) is 0 Å². The van der Waals surface area contributed by atoms with Gasteiger partial charge in [0.25, 0.3) is 5.91 Å². The van der Waals surface area contributed by atoms with E-state index in [9.17, 15) is 4.79 Å². The highest BCUT2D eigenvalue weighted by Gasteiger charge is 2.03. The minimum Gasteiger partial charge on any atom is -0.378 e. The average molecular weight is 302 g/mol. The van der Waals surface area contributed by atoms with Crippen LogP contribution in [0.1, 0.15) is 15.9 Å². The lowest BCUT2D eigenvalue weighted by atomic mass is 10.2. The number of amides is 1. The summed E-state index contributed by atoms with van der Waals surface area (Å²) >= 11 is 5.84. The van der Waals surface area contributed by atoms with Gasteiger partial charge in [-0.3, -0.25) is 4.79 Å². The van der Waals surface area contributed by atoms with Gasteiger partial charge in [-0.2, -0.15) is 5.10 Å². The van der Waals surface area contributed by atoms with E-state index >= 15 is 0 Å². The molecule has 108 valence electrons. The summed E-state index contributed by atoms with van der Waals surface area (Å²) in [6, 6.07) is 14.6. The van der Waals surface area contributed by atoms with Crippen LogP contribution in [0.15, 0.2) is 53.6 Å². The van der Waals surface area contributed by atoms with Crippen LogP contribution in [0.5, 0.6) is 0 Å². The first-order chi connectivity index (χ1) is 10.1. The number of anilines is 1. The Labute approximate surface area is 129 Å². The lowest BCUT2D eigenvalue weighted by Gasteiger charge is -2.11. The zero-order valence-corrected chi connectivity index (χ0v) is 12.6. The summed E-state index contributed by atoms with van der Waals surface area (Å²) in [5, 5.41) is 4.46. The molecule has 0 aromatic heterocycles. The van der Waals surface area contributed by atoms with Gasteiger partial charge in [0.15, 0.2) is 0 Å². The molecule has 0 heterocycles. The summed E-state index contributed by atoms with van der Waals surface area (Å²) in [7, 11) is 3.96. The molecule has 1 N–H and O–H groups in total. The van der Waals surface area contributed by atoms with Crippen molar-refractivity contribution in [2.24, 2.45) is 5.10 Å². The van der Waals surface area contributed by atoms with Gasteiger partial charge >= 0.3 is 0 Å². The Bertz CT molecular complexity index is 651. The van der Waals surface area contributed by atoms with Crippen molar-refractivity contribution >= 4 is 29.4 Å². The number of benzene rings is 2. The van der Waals surface area contributed by atoms with Crippen molar-refractivity contribution in [1.82, 2.24) is 5.43 Å². The molecule has 0 atom stereocenters. The van der Waals surface area contributed by atoms with E-state index in [1.54, 1.807) is 30.5 Å². The number of halogens is 1. The van der Waals surface area contributed by atoms with E-state index in [0.29, 0.717) is 10.6 Å². The zero-order chi connectivity index (χ0) is 15.2. The Kier molecular flexibility index (Phi) is 4.95. The maximum absolute atomic E-state index is 11.8. The van der Waals surface area contributed by atoms with Gasteiger partial charge in [0.2, 0.25) is 0 Å². The first kappa shape index (κ1) is 15.1. The van der Waals surface area contributed by atoms with Gasteiger partial charge in [0.1, 0.15) is 0 Å². The molecular weight excluding hydrogens is 286 g/mol. The third-order valence-electron chi connectivity index (χ3n) is 2.88. The summed E-state index contributed by atoms with van der Waals surface area (Å²) < 4.78 is 0. The summed E-state index contributed by atoms with van der Waals surface area (Å²) in [5.74, 6) is -0.293. The molecular formula is C16H16ClN3O. The molecule has 2 aromatic rings. The van der Waals surface area contributed by atoms with E-state index in [1.165, 1.54) is 0 Å². The topological polar surface area (TPSA) is 44.7 Å². The monoisotopic (exact) mass is 301 g/mol. The van der Waals surface area contributed by atoms with Crippen molar-refractivity contribution in [2.75, 3.05) is 19.0 Å². The predicted molar refractivity (Wildman–Crippen MR) is 87.3 cm³/mol. The average Bonchev–Trinajstić information content (AvgIpc) is 2.47. The van der Waals surface area contributed by atoms with Gasteiger partial charge in [0.05, 0.1) is 6.21 Å². The van der Waals surface area contributed by atoms with Crippen molar-refractivity contribution in [3.05, 3.63) is 64.7 Å². The van der Waals surface area contributed by atoms with Gasteiger partial charge < -0.3 is 4.90 Å². The molecule has 2 rings (SSSR count). The standard InChI is InChI=1S/C16H16ClN3O/c1-20(2)15-8-6-12(7-9-15)11-18-19-16(21)13-4-3-5-14(17)10-13/h3-11H,1-2H3,(H,19,21)/b18-11+. The van der Waals surface area contributed by atoms with Gasteiger partial charge in [-0.1, -0.05) is 29.8 Å². The van der Waals surface area contributed by atoms with Gasteiger partial charge in [-0.05, 0) is 35.9 Å². The Morgan fingerprint density at radius 1 is 1.19 bits per heavy atom. The van der Waals surface area contributed by atoms with Crippen molar-refractivity contribution in [1.29, 1.82) is 0 Å². The van der Waals surface area contributed by atoms with Crippen LogP contribution in [-0.4, -0.2) is 26.2 Å². The highest BCUT2D eigenvalue weighted by molar-refractivity contribution is 6.30. The molecule has 0 radical (unpaired) electrons. The second kappa shape index (κ2) is 6.90. The molecule has 0 unspecified atom stereocenters. The molecule has 21 heavy (non-hydrogen) atoms. The molecule has 0 saturated carbocycles. The summed E-state index contributed by atoms with van der Waals surface area (Å²) in [4.78, 5) is 13.9. The summed E-state index contributed by atoms with van der Waals surface area (Å²) in [6.07, 6.45) is 1.60. The number of nitrogens with one attached hydrogen (secondary N) is 1. The minimum atomic E-state index is -0.293. The summed E-state index contributed by atoms with van der Waals surface area (Å²) in [5.41, 5.74) is 4.96. The number of nitrogens with zero attached hydrogens (tertiary/aromatic N) is 2. The molecule has 0 saturated heterocycles. The van der Waals surface area contributed by atoms with Crippen molar-refractivity contribution in [2.45, 2.75) is 0 Å². The smallest absolute Gasteiger partial charge is 0.271 e. The van der Waals surface area contributed by atoms with Crippen LogP contribution in [0.25, 0.3) is 0 Å². The number of hydrogen-bond acceptors (Lipinski definition) is 3. The Balaban J connectivity index is 1.97. The highest BCUT2D eigenvalue weighted by Crippen LogP contribution is 2.11. The van der Waals surface area contributed by atoms with Crippen molar-refractivity contribution < 1.29 is 4.79 Å². The Morgan fingerprint density at radius 2 is 1.90 bits per heavy atom. The number of carbonyl (C=O) groups excluding carboxylic acids is 1. The Hall–Kier alpha value is -2.33. The van der Waals surface area contributed by atoms with Crippen LogP contribution < -0.4 is 10.3 Å². The maximum atomic E-state index is 11.8. The molecule has 0 aliphatic heterocycles. The van der Waals surface area contributed by atoms with E-state index in [2.05, 4.69) is 10.5 Å². The second-order valence-electron chi connectivity index (χ2n) is 4.70. The lowest BCUT2D eigenvalue weighted by Crippen LogP contribution is -2.17. The number of carbonyl (C=O) groups is 1. The van der Waals surface area contributed by atoms with Gasteiger partial charge in [-0.25, -0.2) is 5.43 Å². The second-order valence-corrected chi connectivity index (χ2v) is 5.13. The SMILES string of the molecule is CN(C)c1ccc(/C=N/NC(=O)c2cccc(Cl)c2)cc1. The third-order valence-corrected chi connectivity index (χ3v) is 3.11. The van der Waals surface area contributed by atoms with Crippen LogP contribution in [0.4, 0.5) is 5.69 Å².